The lowest BCUT2D eigenvalue weighted by Gasteiger charge is -2.30. The summed E-state index contributed by atoms with van der Waals surface area (Å²) in [5.74, 6) is -0.416. The Morgan fingerprint density at radius 3 is 2.05 bits per heavy atom. The first-order valence-corrected chi connectivity index (χ1v) is 13.0. The van der Waals surface area contributed by atoms with Crippen LogP contribution in [0.1, 0.15) is 12.5 Å². The third-order valence-electron chi connectivity index (χ3n) is 5.44. The second-order valence-electron chi connectivity index (χ2n) is 7.78. The lowest BCUT2D eigenvalue weighted by molar-refractivity contribution is -0.122. The highest BCUT2D eigenvalue weighted by molar-refractivity contribution is 7.93. The van der Waals surface area contributed by atoms with Crippen LogP contribution in [0.4, 0.5) is 10.1 Å². The molecule has 0 fully saturated rings. The van der Waals surface area contributed by atoms with Gasteiger partial charge in [0, 0.05) is 16.6 Å². The number of nitrogens with one attached hydrogen (secondary N) is 1. The second-order valence-corrected chi connectivity index (χ2v) is 10.5. The smallest absolute Gasteiger partial charge is 0.265 e. The van der Waals surface area contributed by atoms with E-state index in [1.54, 1.807) is 12.1 Å². The molecule has 0 saturated heterocycles. The molecule has 198 valence electrons. The SMILES string of the molecule is COc1cc(CNC(=O)[C@@H](C)N(c2cc(Cl)ccc2F)S(=O)(=O)c2ccc(Cl)cc2)cc(OC)c1OC. The molecule has 0 aliphatic carbocycles. The Morgan fingerprint density at radius 2 is 1.51 bits per heavy atom. The van der Waals surface area contributed by atoms with E-state index >= 15 is 0 Å². The quantitative estimate of drug-likeness (QED) is 0.366. The standard InChI is InChI=1S/C25H25Cl2FN2O6S/c1-15(25(31)29-14-16-11-22(34-2)24(36-4)23(12-16)35-3)30(21-13-18(27)7-10-20(21)28)37(32,33)19-8-5-17(26)6-9-19/h5-13,15H,14H2,1-4H3,(H,29,31)/t15-/m1/s1. The summed E-state index contributed by atoms with van der Waals surface area (Å²) in [5.41, 5.74) is 0.217. The Balaban J connectivity index is 1.97. The average molecular weight is 571 g/mol. The highest BCUT2D eigenvalue weighted by Gasteiger charge is 2.35. The minimum absolute atomic E-state index is 0.00719. The van der Waals surface area contributed by atoms with Crippen LogP contribution in [-0.2, 0) is 21.4 Å². The van der Waals surface area contributed by atoms with Gasteiger partial charge in [0.25, 0.3) is 10.0 Å². The molecule has 0 bridgehead atoms. The normalized spacial score (nSPS) is 12.0. The maximum atomic E-state index is 14.9. The molecule has 3 aromatic rings. The summed E-state index contributed by atoms with van der Waals surface area (Å²) in [5, 5.41) is 3.09. The van der Waals surface area contributed by atoms with Crippen molar-refractivity contribution in [3.8, 4) is 17.2 Å². The molecule has 37 heavy (non-hydrogen) atoms. The van der Waals surface area contributed by atoms with Gasteiger partial charge in [-0.05, 0) is 67.1 Å². The van der Waals surface area contributed by atoms with E-state index in [-0.39, 0.29) is 22.2 Å². The highest BCUT2D eigenvalue weighted by Crippen LogP contribution is 2.38. The van der Waals surface area contributed by atoms with Crippen LogP contribution in [0, 0.1) is 5.82 Å². The van der Waals surface area contributed by atoms with Crippen LogP contribution in [-0.4, -0.2) is 41.7 Å². The highest BCUT2D eigenvalue weighted by atomic mass is 35.5. The fourth-order valence-corrected chi connectivity index (χ4v) is 5.51. The number of benzene rings is 3. The van der Waals surface area contributed by atoms with Gasteiger partial charge in [-0.15, -0.1) is 0 Å². The monoisotopic (exact) mass is 570 g/mol. The van der Waals surface area contributed by atoms with Crippen molar-refractivity contribution in [1.29, 1.82) is 0 Å². The Labute approximate surface area is 224 Å². The zero-order valence-electron chi connectivity index (χ0n) is 20.4. The van der Waals surface area contributed by atoms with E-state index in [1.165, 1.54) is 58.6 Å². The average Bonchev–Trinajstić information content (AvgIpc) is 2.88. The van der Waals surface area contributed by atoms with E-state index in [0.717, 1.165) is 12.1 Å². The lowest BCUT2D eigenvalue weighted by Crippen LogP contribution is -2.48. The number of hydrogen-bond acceptors (Lipinski definition) is 6. The number of carbonyl (C=O) groups is 1. The maximum Gasteiger partial charge on any atom is 0.265 e. The first-order chi connectivity index (χ1) is 17.5. The number of sulfonamides is 1. The van der Waals surface area contributed by atoms with Crippen LogP contribution in [0.15, 0.2) is 59.5 Å². The fourth-order valence-electron chi connectivity index (χ4n) is 3.60. The van der Waals surface area contributed by atoms with Gasteiger partial charge in [-0.3, -0.25) is 9.10 Å². The van der Waals surface area contributed by atoms with Gasteiger partial charge in [0.2, 0.25) is 11.7 Å². The molecule has 0 heterocycles. The number of anilines is 1. The largest absolute Gasteiger partial charge is 0.493 e. The van der Waals surface area contributed by atoms with Crippen LogP contribution in [0.5, 0.6) is 17.2 Å². The van der Waals surface area contributed by atoms with E-state index in [0.29, 0.717) is 32.1 Å². The van der Waals surface area contributed by atoms with Gasteiger partial charge < -0.3 is 19.5 Å². The Kier molecular flexibility index (Phi) is 9.12. The third-order valence-corrected chi connectivity index (χ3v) is 7.82. The van der Waals surface area contributed by atoms with Crippen molar-refractivity contribution in [3.63, 3.8) is 0 Å². The predicted octanol–water partition coefficient (Wildman–Crippen LogP) is 5.06. The molecule has 3 rings (SSSR count). The number of methoxy groups -OCH3 is 3. The minimum atomic E-state index is -4.41. The van der Waals surface area contributed by atoms with Crippen LogP contribution < -0.4 is 23.8 Å². The number of carbonyl (C=O) groups excluding carboxylic acids is 1. The van der Waals surface area contributed by atoms with Crippen molar-refractivity contribution in [1.82, 2.24) is 5.32 Å². The van der Waals surface area contributed by atoms with Crippen LogP contribution >= 0.6 is 23.2 Å². The Bertz CT molecular complexity index is 1360. The third kappa shape index (κ3) is 6.20. The molecule has 0 aromatic heterocycles. The number of hydrogen-bond donors (Lipinski definition) is 1. The molecule has 0 aliphatic heterocycles. The number of rotatable bonds is 10. The van der Waals surface area contributed by atoms with Gasteiger partial charge >= 0.3 is 0 Å². The molecule has 0 radical (unpaired) electrons. The zero-order chi connectivity index (χ0) is 27.3. The second kappa shape index (κ2) is 11.9. The van der Waals surface area contributed by atoms with E-state index in [2.05, 4.69) is 5.32 Å². The van der Waals surface area contributed by atoms with E-state index < -0.39 is 27.8 Å². The lowest BCUT2D eigenvalue weighted by atomic mass is 10.1. The van der Waals surface area contributed by atoms with Gasteiger partial charge in [0.05, 0.1) is 31.9 Å². The van der Waals surface area contributed by atoms with Gasteiger partial charge in [0.15, 0.2) is 11.5 Å². The Hall–Kier alpha value is -3.21. The van der Waals surface area contributed by atoms with Crippen LogP contribution in [0.25, 0.3) is 0 Å². The van der Waals surface area contributed by atoms with Gasteiger partial charge in [-0.25, -0.2) is 12.8 Å². The van der Waals surface area contributed by atoms with Crippen molar-refractivity contribution in [2.24, 2.45) is 0 Å². The predicted molar refractivity (Wildman–Crippen MR) is 140 cm³/mol. The van der Waals surface area contributed by atoms with Gasteiger partial charge in [0.1, 0.15) is 11.9 Å². The van der Waals surface area contributed by atoms with Gasteiger partial charge in [-0.2, -0.15) is 0 Å². The van der Waals surface area contributed by atoms with E-state index in [1.807, 2.05) is 0 Å². The fraction of sp³-hybridized carbons (Fsp3) is 0.240. The minimum Gasteiger partial charge on any atom is -0.493 e. The first-order valence-electron chi connectivity index (χ1n) is 10.8. The van der Waals surface area contributed by atoms with Crippen molar-refractivity contribution < 1.29 is 31.8 Å². The zero-order valence-corrected chi connectivity index (χ0v) is 22.7. The summed E-state index contributed by atoms with van der Waals surface area (Å²) in [6.45, 7) is 1.34. The summed E-state index contributed by atoms with van der Waals surface area (Å²) in [6.07, 6.45) is 0. The molecule has 1 atom stereocenters. The summed E-state index contributed by atoms with van der Waals surface area (Å²) in [6, 6.07) is 10.7. The number of halogens is 3. The maximum absolute atomic E-state index is 14.9. The number of nitrogens with zero attached hydrogens (tertiary/aromatic N) is 1. The molecule has 1 amide bonds. The van der Waals surface area contributed by atoms with Crippen molar-refractivity contribution in [2.75, 3.05) is 25.6 Å². The molecular formula is C25H25Cl2FN2O6S. The van der Waals surface area contributed by atoms with Crippen molar-refractivity contribution in [3.05, 3.63) is 76.0 Å². The molecule has 8 nitrogen and oxygen atoms in total. The van der Waals surface area contributed by atoms with Crippen molar-refractivity contribution >= 4 is 44.8 Å². The molecule has 12 heteroatoms. The Morgan fingerprint density at radius 1 is 0.946 bits per heavy atom. The molecule has 0 unspecified atom stereocenters. The van der Waals surface area contributed by atoms with E-state index in [4.69, 9.17) is 37.4 Å². The van der Waals surface area contributed by atoms with Crippen LogP contribution in [0.2, 0.25) is 10.0 Å². The molecular weight excluding hydrogens is 546 g/mol. The molecule has 1 N–H and O–H groups in total. The van der Waals surface area contributed by atoms with E-state index in [9.17, 15) is 17.6 Å². The van der Waals surface area contributed by atoms with Gasteiger partial charge in [-0.1, -0.05) is 23.2 Å². The number of amides is 1. The molecule has 3 aromatic carbocycles. The molecule has 0 spiro atoms. The summed E-state index contributed by atoms with van der Waals surface area (Å²) >= 11 is 11.9. The van der Waals surface area contributed by atoms with Crippen LogP contribution in [0.3, 0.4) is 0 Å². The topological polar surface area (TPSA) is 94.2 Å². The molecule has 0 saturated carbocycles. The molecule has 0 aliphatic rings. The first kappa shape index (κ1) is 28.4. The van der Waals surface area contributed by atoms with Crippen molar-refractivity contribution in [2.45, 2.75) is 24.4 Å². The summed E-state index contributed by atoms with van der Waals surface area (Å²) < 4.78 is 58.8. The number of ether oxygens (including phenoxy) is 3. The summed E-state index contributed by atoms with van der Waals surface area (Å²) in [4.78, 5) is 13.0. The summed E-state index contributed by atoms with van der Waals surface area (Å²) in [7, 11) is -0.0244.